The normalized spacial score (nSPS) is 17.3. The average molecular weight is 258 g/mol. The standard InChI is InChI=1S/C13H17ClFNO/c14-12-8-11(9-13(15)10-12)2-1-3-16-4-6-17-7-5-16/h8-10H,1-7H2. The lowest BCUT2D eigenvalue weighted by Gasteiger charge is -2.26. The SMILES string of the molecule is Fc1cc(Cl)cc(CCCN2CCOCC2)c1. The Morgan fingerprint density at radius 3 is 2.71 bits per heavy atom. The Balaban J connectivity index is 1.77. The van der Waals surface area contributed by atoms with Crippen molar-refractivity contribution < 1.29 is 9.13 Å². The summed E-state index contributed by atoms with van der Waals surface area (Å²) in [7, 11) is 0. The van der Waals surface area contributed by atoms with Crippen molar-refractivity contribution in [1.82, 2.24) is 4.90 Å². The first-order valence-electron chi connectivity index (χ1n) is 5.99. The van der Waals surface area contributed by atoms with Crippen LogP contribution in [0.3, 0.4) is 0 Å². The molecule has 2 rings (SSSR count). The third-order valence-electron chi connectivity index (χ3n) is 2.97. The van der Waals surface area contributed by atoms with Crippen molar-refractivity contribution in [2.24, 2.45) is 0 Å². The third-order valence-corrected chi connectivity index (χ3v) is 3.18. The first kappa shape index (κ1) is 12.8. The van der Waals surface area contributed by atoms with Crippen molar-refractivity contribution in [3.63, 3.8) is 0 Å². The van der Waals surface area contributed by atoms with Gasteiger partial charge in [-0.25, -0.2) is 4.39 Å². The summed E-state index contributed by atoms with van der Waals surface area (Å²) < 4.78 is 18.4. The molecule has 0 aliphatic carbocycles. The second-order valence-electron chi connectivity index (χ2n) is 4.34. The van der Waals surface area contributed by atoms with Gasteiger partial charge in [-0.2, -0.15) is 0 Å². The second-order valence-corrected chi connectivity index (χ2v) is 4.77. The number of morpholine rings is 1. The smallest absolute Gasteiger partial charge is 0.124 e. The Morgan fingerprint density at radius 2 is 2.00 bits per heavy atom. The first-order chi connectivity index (χ1) is 8.24. The van der Waals surface area contributed by atoms with Gasteiger partial charge in [0.25, 0.3) is 0 Å². The van der Waals surface area contributed by atoms with E-state index in [0.29, 0.717) is 5.02 Å². The van der Waals surface area contributed by atoms with Gasteiger partial charge in [-0.3, -0.25) is 4.90 Å². The molecule has 4 heteroatoms. The Labute approximate surface area is 106 Å². The monoisotopic (exact) mass is 257 g/mol. The molecular formula is C13H17ClFNO. The van der Waals surface area contributed by atoms with Crippen LogP contribution in [0.1, 0.15) is 12.0 Å². The first-order valence-corrected chi connectivity index (χ1v) is 6.37. The molecule has 0 unspecified atom stereocenters. The number of hydrogen-bond donors (Lipinski definition) is 0. The van der Waals surface area contributed by atoms with Crippen LogP contribution in [0, 0.1) is 5.82 Å². The molecule has 0 amide bonds. The summed E-state index contributed by atoms with van der Waals surface area (Å²) in [4.78, 5) is 2.38. The molecule has 0 N–H and O–H groups in total. The van der Waals surface area contributed by atoms with Gasteiger partial charge in [-0.05, 0) is 43.1 Å². The lowest BCUT2D eigenvalue weighted by atomic mass is 10.1. The molecule has 2 nitrogen and oxygen atoms in total. The molecular weight excluding hydrogens is 241 g/mol. The van der Waals surface area contributed by atoms with Gasteiger partial charge >= 0.3 is 0 Å². The maximum absolute atomic E-state index is 13.1. The highest BCUT2D eigenvalue weighted by Gasteiger charge is 2.09. The molecule has 0 bridgehead atoms. The molecule has 1 aromatic rings. The quantitative estimate of drug-likeness (QED) is 0.822. The average Bonchev–Trinajstić information content (AvgIpc) is 2.29. The van der Waals surface area contributed by atoms with Crippen LogP contribution in [0.2, 0.25) is 5.02 Å². The molecule has 1 aliphatic rings. The van der Waals surface area contributed by atoms with Gasteiger partial charge in [0, 0.05) is 18.1 Å². The van der Waals surface area contributed by atoms with Crippen molar-refractivity contribution >= 4 is 11.6 Å². The van der Waals surface area contributed by atoms with Gasteiger partial charge in [0.05, 0.1) is 13.2 Å². The summed E-state index contributed by atoms with van der Waals surface area (Å²) >= 11 is 5.81. The Kier molecular flexibility index (Phi) is 4.77. The lowest BCUT2D eigenvalue weighted by Crippen LogP contribution is -2.36. The molecule has 0 aromatic heterocycles. The van der Waals surface area contributed by atoms with Crippen LogP contribution in [0.4, 0.5) is 4.39 Å². The fraction of sp³-hybridized carbons (Fsp3) is 0.538. The number of benzene rings is 1. The van der Waals surface area contributed by atoms with E-state index in [1.165, 1.54) is 6.07 Å². The summed E-state index contributed by atoms with van der Waals surface area (Å²) in [5.74, 6) is -0.251. The fourth-order valence-electron chi connectivity index (χ4n) is 2.09. The summed E-state index contributed by atoms with van der Waals surface area (Å²) in [5, 5.41) is 0.478. The van der Waals surface area contributed by atoms with Crippen LogP contribution in [-0.2, 0) is 11.2 Å². The molecule has 1 aromatic carbocycles. The zero-order valence-corrected chi connectivity index (χ0v) is 10.5. The molecule has 0 spiro atoms. The third kappa shape index (κ3) is 4.26. The minimum absolute atomic E-state index is 0.251. The molecule has 1 heterocycles. The maximum atomic E-state index is 13.1. The van der Waals surface area contributed by atoms with Gasteiger partial charge in [-0.15, -0.1) is 0 Å². The van der Waals surface area contributed by atoms with Crippen LogP contribution in [0.5, 0.6) is 0 Å². The summed E-state index contributed by atoms with van der Waals surface area (Å²) in [5.41, 5.74) is 0.975. The van der Waals surface area contributed by atoms with Crippen LogP contribution in [0.25, 0.3) is 0 Å². The van der Waals surface area contributed by atoms with Gasteiger partial charge < -0.3 is 4.74 Å². The number of aryl methyl sites for hydroxylation is 1. The summed E-state index contributed by atoms with van der Waals surface area (Å²) in [6, 6.07) is 4.74. The zero-order valence-electron chi connectivity index (χ0n) is 9.79. The van der Waals surface area contributed by atoms with Crippen LogP contribution < -0.4 is 0 Å². The maximum Gasteiger partial charge on any atom is 0.124 e. The largest absolute Gasteiger partial charge is 0.379 e. The van der Waals surface area contributed by atoms with Crippen LogP contribution in [-0.4, -0.2) is 37.7 Å². The number of ether oxygens (including phenoxy) is 1. The van der Waals surface area contributed by atoms with E-state index in [1.54, 1.807) is 6.07 Å². The molecule has 1 saturated heterocycles. The number of halogens is 2. The topological polar surface area (TPSA) is 12.5 Å². The second kappa shape index (κ2) is 6.34. The number of hydrogen-bond acceptors (Lipinski definition) is 2. The predicted molar refractivity (Wildman–Crippen MR) is 67.0 cm³/mol. The Hall–Kier alpha value is -0.640. The lowest BCUT2D eigenvalue weighted by molar-refractivity contribution is 0.0374. The van der Waals surface area contributed by atoms with Crippen molar-refractivity contribution in [3.05, 3.63) is 34.6 Å². The highest BCUT2D eigenvalue weighted by molar-refractivity contribution is 6.30. The van der Waals surface area contributed by atoms with E-state index < -0.39 is 0 Å². The highest BCUT2D eigenvalue weighted by atomic mass is 35.5. The fourth-order valence-corrected chi connectivity index (χ4v) is 2.33. The molecule has 0 atom stereocenters. The van der Waals surface area contributed by atoms with E-state index in [4.69, 9.17) is 16.3 Å². The molecule has 1 fully saturated rings. The minimum atomic E-state index is -0.251. The molecule has 94 valence electrons. The van der Waals surface area contributed by atoms with E-state index >= 15 is 0 Å². The van der Waals surface area contributed by atoms with Gasteiger partial charge in [-0.1, -0.05) is 11.6 Å². The summed E-state index contributed by atoms with van der Waals surface area (Å²) in [6.45, 7) is 4.70. The van der Waals surface area contributed by atoms with E-state index in [0.717, 1.165) is 51.3 Å². The van der Waals surface area contributed by atoms with E-state index in [2.05, 4.69) is 4.90 Å². The van der Waals surface area contributed by atoms with Crippen molar-refractivity contribution in [2.45, 2.75) is 12.8 Å². The van der Waals surface area contributed by atoms with Crippen molar-refractivity contribution in [2.75, 3.05) is 32.8 Å². The number of nitrogens with zero attached hydrogens (tertiary/aromatic N) is 1. The van der Waals surface area contributed by atoms with E-state index in [9.17, 15) is 4.39 Å². The van der Waals surface area contributed by atoms with Gasteiger partial charge in [0.15, 0.2) is 0 Å². The van der Waals surface area contributed by atoms with Crippen LogP contribution in [0.15, 0.2) is 18.2 Å². The number of rotatable bonds is 4. The van der Waals surface area contributed by atoms with Gasteiger partial charge in [0.2, 0.25) is 0 Å². The Morgan fingerprint density at radius 1 is 1.24 bits per heavy atom. The van der Waals surface area contributed by atoms with Crippen molar-refractivity contribution in [3.8, 4) is 0 Å². The minimum Gasteiger partial charge on any atom is -0.379 e. The molecule has 17 heavy (non-hydrogen) atoms. The van der Waals surface area contributed by atoms with Crippen LogP contribution >= 0.6 is 11.6 Å². The predicted octanol–water partition coefficient (Wildman–Crippen LogP) is 2.74. The van der Waals surface area contributed by atoms with E-state index in [-0.39, 0.29) is 5.82 Å². The molecule has 0 radical (unpaired) electrons. The molecule has 0 saturated carbocycles. The van der Waals surface area contributed by atoms with Gasteiger partial charge in [0.1, 0.15) is 5.82 Å². The Bertz CT molecular complexity index is 346. The molecule has 1 aliphatic heterocycles. The zero-order chi connectivity index (χ0) is 12.1. The highest BCUT2D eigenvalue weighted by Crippen LogP contribution is 2.15. The summed E-state index contributed by atoms with van der Waals surface area (Å²) in [6.07, 6.45) is 1.90. The van der Waals surface area contributed by atoms with E-state index in [1.807, 2.05) is 6.07 Å². The van der Waals surface area contributed by atoms with Crippen molar-refractivity contribution in [1.29, 1.82) is 0 Å².